The van der Waals surface area contributed by atoms with Crippen LogP contribution in [0.2, 0.25) is 0 Å². The van der Waals surface area contributed by atoms with Gasteiger partial charge in [0.1, 0.15) is 0 Å². The first-order valence-electron chi connectivity index (χ1n) is 10.3. The van der Waals surface area contributed by atoms with Crippen LogP contribution in [0.3, 0.4) is 0 Å². The Hall–Kier alpha value is -2.37. The molecule has 6 heteroatoms. The van der Waals surface area contributed by atoms with Crippen LogP contribution in [0.15, 0.2) is 24.5 Å². The van der Waals surface area contributed by atoms with E-state index in [-0.39, 0.29) is 11.9 Å². The molecule has 6 nitrogen and oxygen atoms in total. The predicted octanol–water partition coefficient (Wildman–Crippen LogP) is 3.44. The van der Waals surface area contributed by atoms with Crippen molar-refractivity contribution in [3.05, 3.63) is 41.5 Å². The van der Waals surface area contributed by atoms with Crippen molar-refractivity contribution in [2.24, 2.45) is 0 Å². The molecular weight excluding hydrogens is 338 g/mol. The van der Waals surface area contributed by atoms with Crippen LogP contribution < -0.4 is 4.90 Å². The Morgan fingerprint density at radius 2 is 2.00 bits per heavy atom. The molecular formula is C21H29N5O. The Balaban J connectivity index is 1.63. The van der Waals surface area contributed by atoms with Crippen LogP contribution in [0.4, 0.5) is 5.95 Å². The normalized spacial score (nSPS) is 19.4. The summed E-state index contributed by atoms with van der Waals surface area (Å²) in [5, 5.41) is 0. The van der Waals surface area contributed by atoms with Crippen LogP contribution in [0.1, 0.15) is 67.3 Å². The predicted molar refractivity (Wildman–Crippen MR) is 106 cm³/mol. The third-order valence-electron chi connectivity index (χ3n) is 5.80. The first kappa shape index (κ1) is 18.0. The Labute approximate surface area is 161 Å². The highest BCUT2D eigenvalue weighted by molar-refractivity contribution is 5.95. The summed E-state index contributed by atoms with van der Waals surface area (Å²) in [6.45, 7) is 7.86. The summed E-state index contributed by atoms with van der Waals surface area (Å²) < 4.78 is 2.28. The second-order valence-corrected chi connectivity index (χ2v) is 7.51. The Morgan fingerprint density at radius 3 is 2.74 bits per heavy atom. The molecule has 1 saturated heterocycles. The third kappa shape index (κ3) is 3.33. The zero-order valence-corrected chi connectivity index (χ0v) is 16.4. The van der Waals surface area contributed by atoms with Gasteiger partial charge in [0.2, 0.25) is 5.95 Å². The maximum absolute atomic E-state index is 13.5. The van der Waals surface area contributed by atoms with Crippen molar-refractivity contribution < 1.29 is 4.79 Å². The molecule has 0 spiro atoms. The second kappa shape index (κ2) is 7.71. The molecule has 1 atom stereocenters. The van der Waals surface area contributed by atoms with Crippen LogP contribution in [-0.2, 0) is 13.0 Å². The Morgan fingerprint density at radius 1 is 1.19 bits per heavy atom. The molecule has 144 valence electrons. The van der Waals surface area contributed by atoms with Gasteiger partial charge in [-0.05, 0) is 37.8 Å². The summed E-state index contributed by atoms with van der Waals surface area (Å²) in [5.74, 6) is 0.851. The van der Waals surface area contributed by atoms with Gasteiger partial charge < -0.3 is 14.4 Å². The monoisotopic (exact) mass is 367 g/mol. The molecule has 2 aromatic rings. The first-order valence-corrected chi connectivity index (χ1v) is 10.3. The van der Waals surface area contributed by atoms with Gasteiger partial charge in [0.15, 0.2) is 0 Å². The Kier molecular flexibility index (Phi) is 5.14. The summed E-state index contributed by atoms with van der Waals surface area (Å²) in [4.78, 5) is 27.0. The van der Waals surface area contributed by atoms with Gasteiger partial charge in [-0.2, -0.15) is 0 Å². The fourth-order valence-electron chi connectivity index (χ4n) is 4.36. The van der Waals surface area contributed by atoms with Crippen LogP contribution in [0, 0.1) is 0 Å². The number of fused-ring (bicyclic) bond motifs is 1. The van der Waals surface area contributed by atoms with E-state index in [2.05, 4.69) is 46.6 Å². The molecule has 2 aliphatic heterocycles. The fourth-order valence-corrected chi connectivity index (χ4v) is 4.36. The number of carbonyl (C=O) groups is 1. The van der Waals surface area contributed by atoms with Gasteiger partial charge in [0.05, 0.1) is 17.3 Å². The lowest BCUT2D eigenvalue weighted by molar-refractivity contribution is 0.0608. The summed E-state index contributed by atoms with van der Waals surface area (Å²) in [6, 6.07) is 4.36. The Bertz CT molecular complexity index is 809. The number of aryl methyl sites for hydroxylation is 1. The van der Waals surface area contributed by atoms with E-state index in [1.807, 2.05) is 4.90 Å². The van der Waals surface area contributed by atoms with Crippen LogP contribution in [-0.4, -0.2) is 45.0 Å². The lowest BCUT2D eigenvalue weighted by Gasteiger charge is -2.37. The van der Waals surface area contributed by atoms with E-state index in [0.717, 1.165) is 57.1 Å². The highest BCUT2D eigenvalue weighted by Gasteiger charge is 2.32. The molecule has 1 fully saturated rings. The van der Waals surface area contributed by atoms with E-state index in [4.69, 9.17) is 4.98 Å². The topological polar surface area (TPSA) is 54.3 Å². The van der Waals surface area contributed by atoms with E-state index in [1.54, 1.807) is 6.20 Å². The molecule has 4 heterocycles. The number of amides is 1. The van der Waals surface area contributed by atoms with E-state index >= 15 is 0 Å². The molecule has 2 aliphatic rings. The van der Waals surface area contributed by atoms with E-state index < -0.39 is 0 Å². The third-order valence-corrected chi connectivity index (χ3v) is 5.80. The number of nitrogens with zero attached hydrogens (tertiary/aromatic N) is 5. The number of rotatable bonds is 5. The first-order chi connectivity index (χ1) is 13.2. The molecule has 1 unspecified atom stereocenters. The number of hydrogen-bond acceptors (Lipinski definition) is 4. The lowest BCUT2D eigenvalue weighted by Crippen LogP contribution is -2.42. The van der Waals surface area contributed by atoms with Crippen LogP contribution in [0.5, 0.6) is 0 Å². The molecule has 0 aliphatic carbocycles. The maximum Gasteiger partial charge on any atom is 0.257 e. The molecule has 0 saturated carbocycles. The molecule has 4 rings (SSSR count). The van der Waals surface area contributed by atoms with Gasteiger partial charge in [-0.15, -0.1) is 0 Å². The van der Waals surface area contributed by atoms with Crippen molar-refractivity contribution in [2.45, 2.75) is 58.5 Å². The largest absolute Gasteiger partial charge is 0.348 e. The zero-order chi connectivity index (χ0) is 18.8. The summed E-state index contributed by atoms with van der Waals surface area (Å²) >= 11 is 0. The SMILES string of the molecule is CCCC1c2cccn2CCN1C(=O)c1cnc(N2CCCC2)nc1CC. The summed E-state index contributed by atoms with van der Waals surface area (Å²) in [7, 11) is 0. The zero-order valence-electron chi connectivity index (χ0n) is 16.4. The average molecular weight is 367 g/mol. The molecule has 27 heavy (non-hydrogen) atoms. The smallest absolute Gasteiger partial charge is 0.257 e. The van der Waals surface area contributed by atoms with E-state index in [1.165, 1.54) is 18.5 Å². The van der Waals surface area contributed by atoms with Gasteiger partial charge in [-0.1, -0.05) is 20.3 Å². The number of carbonyl (C=O) groups excluding carboxylic acids is 1. The highest BCUT2D eigenvalue weighted by Crippen LogP contribution is 2.31. The van der Waals surface area contributed by atoms with Crippen molar-refractivity contribution in [1.29, 1.82) is 0 Å². The van der Waals surface area contributed by atoms with Crippen molar-refractivity contribution in [1.82, 2.24) is 19.4 Å². The number of hydrogen-bond donors (Lipinski definition) is 0. The molecule has 0 radical (unpaired) electrons. The van der Waals surface area contributed by atoms with Gasteiger partial charge in [-0.3, -0.25) is 4.79 Å². The molecule has 0 N–H and O–H groups in total. The van der Waals surface area contributed by atoms with Crippen molar-refractivity contribution >= 4 is 11.9 Å². The minimum atomic E-state index is 0.0747. The van der Waals surface area contributed by atoms with Gasteiger partial charge in [0.25, 0.3) is 5.91 Å². The van der Waals surface area contributed by atoms with Crippen LogP contribution >= 0.6 is 0 Å². The fraction of sp³-hybridized carbons (Fsp3) is 0.571. The average Bonchev–Trinajstić information content (AvgIpc) is 3.39. The minimum Gasteiger partial charge on any atom is -0.348 e. The summed E-state index contributed by atoms with van der Waals surface area (Å²) in [5.41, 5.74) is 2.78. The lowest BCUT2D eigenvalue weighted by atomic mass is 10.0. The number of aromatic nitrogens is 3. The molecule has 1 amide bonds. The molecule has 0 aromatic carbocycles. The second-order valence-electron chi connectivity index (χ2n) is 7.51. The van der Waals surface area contributed by atoms with E-state index in [0.29, 0.717) is 5.56 Å². The standard InChI is InChI=1S/C21H29N5O/c1-3-8-19-18-9-7-12-24(18)13-14-26(19)20(27)16-15-22-21(23-17(16)4-2)25-10-5-6-11-25/h7,9,12,15,19H,3-6,8,10-11,13-14H2,1-2H3. The van der Waals surface area contributed by atoms with Crippen molar-refractivity contribution in [2.75, 3.05) is 24.5 Å². The highest BCUT2D eigenvalue weighted by atomic mass is 16.2. The number of anilines is 1. The van der Waals surface area contributed by atoms with Gasteiger partial charge >= 0.3 is 0 Å². The quantitative estimate of drug-likeness (QED) is 0.812. The van der Waals surface area contributed by atoms with Crippen molar-refractivity contribution in [3.8, 4) is 0 Å². The van der Waals surface area contributed by atoms with Crippen molar-refractivity contribution in [3.63, 3.8) is 0 Å². The minimum absolute atomic E-state index is 0.0747. The van der Waals surface area contributed by atoms with Gasteiger partial charge in [-0.25, -0.2) is 9.97 Å². The van der Waals surface area contributed by atoms with E-state index in [9.17, 15) is 4.79 Å². The van der Waals surface area contributed by atoms with Crippen LogP contribution in [0.25, 0.3) is 0 Å². The van der Waals surface area contributed by atoms with Gasteiger partial charge in [0, 0.05) is 44.3 Å². The maximum atomic E-state index is 13.5. The molecule has 0 bridgehead atoms. The summed E-state index contributed by atoms with van der Waals surface area (Å²) in [6.07, 6.45) is 9.03. The molecule has 2 aromatic heterocycles.